The van der Waals surface area contributed by atoms with Gasteiger partial charge in [-0.25, -0.2) is 0 Å². The van der Waals surface area contributed by atoms with Crippen LogP contribution in [0.4, 0.5) is 0 Å². The minimum absolute atomic E-state index is 0.562. The summed E-state index contributed by atoms with van der Waals surface area (Å²) in [5.41, 5.74) is 0.562. The van der Waals surface area contributed by atoms with Crippen molar-refractivity contribution in [3.05, 3.63) is 12.7 Å². The fraction of sp³-hybridized carbons (Fsp3) is 0.923. The van der Waals surface area contributed by atoms with E-state index in [0.29, 0.717) is 5.41 Å². The van der Waals surface area contributed by atoms with Gasteiger partial charge in [0.05, 0.1) is 0 Å². The predicted octanol–water partition coefficient (Wildman–Crippen LogP) is 10.0. The lowest BCUT2D eigenvalue weighted by atomic mass is 9.73. The van der Waals surface area contributed by atoms with Gasteiger partial charge < -0.3 is 0 Å². The molecule has 0 aliphatic carbocycles. The second-order valence-electron chi connectivity index (χ2n) is 8.80. The summed E-state index contributed by atoms with van der Waals surface area (Å²) < 4.78 is 0. The highest BCUT2D eigenvalue weighted by Gasteiger charge is 2.25. The van der Waals surface area contributed by atoms with Crippen LogP contribution in [-0.4, -0.2) is 0 Å². The van der Waals surface area contributed by atoms with Crippen LogP contribution in [0, 0.1) is 5.41 Å². The predicted molar refractivity (Wildman–Crippen MR) is 122 cm³/mol. The summed E-state index contributed by atoms with van der Waals surface area (Å²) in [6.07, 6.45) is 30.6. The molecule has 156 valence electrons. The Labute approximate surface area is 167 Å². The van der Waals surface area contributed by atoms with Crippen molar-refractivity contribution >= 4 is 0 Å². The molecule has 0 saturated carbocycles. The Morgan fingerprint density at radius 2 is 0.885 bits per heavy atom. The topological polar surface area (TPSA) is 0 Å². The molecule has 0 aromatic carbocycles. The molecule has 0 saturated heterocycles. The quantitative estimate of drug-likeness (QED) is 0.140. The van der Waals surface area contributed by atoms with Crippen LogP contribution in [0.5, 0.6) is 0 Å². The molecule has 0 heterocycles. The number of hydrogen-bond acceptors (Lipinski definition) is 0. The van der Waals surface area contributed by atoms with Gasteiger partial charge in [-0.15, -0.1) is 6.58 Å². The number of allylic oxidation sites excluding steroid dienone is 1. The highest BCUT2D eigenvalue weighted by molar-refractivity contribution is 4.85. The molecule has 0 bridgehead atoms. The fourth-order valence-corrected chi connectivity index (χ4v) is 4.40. The standard InChI is InChI=1S/C26H52/c1-5-9-11-13-15-17-19-21-24-26(8-4,23-7-3)25-22-20-18-16-14-12-10-6-2/h7H,3,5-6,8-25H2,1-2,4H3. The molecule has 0 rings (SSSR count). The third-order valence-corrected chi connectivity index (χ3v) is 6.45. The van der Waals surface area contributed by atoms with Gasteiger partial charge in [-0.3, -0.25) is 0 Å². The van der Waals surface area contributed by atoms with Crippen LogP contribution in [-0.2, 0) is 0 Å². The molecule has 0 heteroatoms. The average molecular weight is 365 g/mol. The molecule has 0 unspecified atom stereocenters. The van der Waals surface area contributed by atoms with Gasteiger partial charge in [-0.05, 0) is 24.7 Å². The zero-order valence-electron chi connectivity index (χ0n) is 18.9. The van der Waals surface area contributed by atoms with Crippen LogP contribution in [0.3, 0.4) is 0 Å². The van der Waals surface area contributed by atoms with E-state index in [-0.39, 0.29) is 0 Å². The number of rotatable bonds is 21. The summed E-state index contributed by atoms with van der Waals surface area (Å²) in [7, 11) is 0. The first kappa shape index (κ1) is 25.7. The van der Waals surface area contributed by atoms with Crippen molar-refractivity contribution in [2.75, 3.05) is 0 Å². The third-order valence-electron chi connectivity index (χ3n) is 6.45. The van der Waals surface area contributed by atoms with Crippen molar-refractivity contribution < 1.29 is 0 Å². The van der Waals surface area contributed by atoms with Crippen LogP contribution >= 0.6 is 0 Å². The molecule has 0 aliphatic heterocycles. The molecular formula is C26H52. The van der Waals surface area contributed by atoms with E-state index in [0.717, 1.165) is 0 Å². The van der Waals surface area contributed by atoms with Crippen molar-refractivity contribution in [2.45, 2.75) is 149 Å². The Morgan fingerprint density at radius 1 is 0.538 bits per heavy atom. The van der Waals surface area contributed by atoms with E-state index in [9.17, 15) is 0 Å². The molecule has 0 aromatic rings. The lowest BCUT2D eigenvalue weighted by Crippen LogP contribution is -2.19. The maximum atomic E-state index is 4.07. The molecule has 0 aliphatic rings. The summed E-state index contributed by atoms with van der Waals surface area (Å²) in [6.45, 7) is 11.1. The van der Waals surface area contributed by atoms with Crippen LogP contribution < -0.4 is 0 Å². The molecule has 0 spiro atoms. The first-order chi connectivity index (χ1) is 12.7. The second-order valence-corrected chi connectivity index (χ2v) is 8.80. The van der Waals surface area contributed by atoms with E-state index in [1.165, 1.54) is 128 Å². The molecule has 0 atom stereocenters. The van der Waals surface area contributed by atoms with Crippen molar-refractivity contribution in [3.63, 3.8) is 0 Å². The fourth-order valence-electron chi connectivity index (χ4n) is 4.40. The Bertz CT molecular complexity index is 258. The van der Waals surface area contributed by atoms with Gasteiger partial charge in [-0.2, -0.15) is 0 Å². The minimum Gasteiger partial charge on any atom is -0.103 e. The zero-order valence-corrected chi connectivity index (χ0v) is 18.9. The second kappa shape index (κ2) is 19.5. The summed E-state index contributed by atoms with van der Waals surface area (Å²) in [6, 6.07) is 0. The van der Waals surface area contributed by atoms with Crippen LogP contribution in [0.25, 0.3) is 0 Å². The number of hydrogen-bond donors (Lipinski definition) is 0. The van der Waals surface area contributed by atoms with Gasteiger partial charge in [0.2, 0.25) is 0 Å². The van der Waals surface area contributed by atoms with Crippen LogP contribution in [0.1, 0.15) is 149 Å². The van der Waals surface area contributed by atoms with Crippen molar-refractivity contribution in [1.82, 2.24) is 0 Å². The summed E-state index contributed by atoms with van der Waals surface area (Å²) in [5, 5.41) is 0. The van der Waals surface area contributed by atoms with Crippen molar-refractivity contribution in [3.8, 4) is 0 Å². The van der Waals surface area contributed by atoms with Gasteiger partial charge >= 0.3 is 0 Å². The normalized spacial score (nSPS) is 11.8. The maximum Gasteiger partial charge on any atom is -0.0266 e. The minimum atomic E-state index is 0.562. The molecule has 0 nitrogen and oxygen atoms in total. The van der Waals surface area contributed by atoms with Gasteiger partial charge in [0.15, 0.2) is 0 Å². The highest BCUT2D eigenvalue weighted by Crippen LogP contribution is 2.39. The SMILES string of the molecule is C=CCC(CC)(CCCCCCCCCC)CCCCCCCCCC. The average Bonchev–Trinajstić information content (AvgIpc) is 2.66. The summed E-state index contributed by atoms with van der Waals surface area (Å²) in [4.78, 5) is 0. The van der Waals surface area contributed by atoms with E-state index in [2.05, 4.69) is 33.4 Å². The van der Waals surface area contributed by atoms with E-state index in [4.69, 9.17) is 0 Å². The molecule has 26 heavy (non-hydrogen) atoms. The first-order valence-corrected chi connectivity index (χ1v) is 12.4. The van der Waals surface area contributed by atoms with Crippen LogP contribution in [0.2, 0.25) is 0 Å². The molecule has 0 amide bonds. The summed E-state index contributed by atoms with van der Waals surface area (Å²) in [5.74, 6) is 0. The van der Waals surface area contributed by atoms with E-state index in [1.807, 2.05) is 0 Å². The van der Waals surface area contributed by atoms with Crippen molar-refractivity contribution in [2.24, 2.45) is 5.41 Å². The zero-order chi connectivity index (χ0) is 19.3. The maximum absolute atomic E-state index is 4.07. The Morgan fingerprint density at radius 3 is 1.19 bits per heavy atom. The van der Waals surface area contributed by atoms with E-state index < -0.39 is 0 Å². The monoisotopic (exact) mass is 364 g/mol. The Hall–Kier alpha value is -0.260. The number of unbranched alkanes of at least 4 members (excludes halogenated alkanes) is 14. The molecule has 0 radical (unpaired) electrons. The first-order valence-electron chi connectivity index (χ1n) is 12.4. The van der Waals surface area contributed by atoms with Gasteiger partial charge in [0.1, 0.15) is 0 Å². The van der Waals surface area contributed by atoms with Gasteiger partial charge in [0.25, 0.3) is 0 Å². The van der Waals surface area contributed by atoms with Gasteiger partial charge in [-0.1, -0.05) is 136 Å². The van der Waals surface area contributed by atoms with Crippen LogP contribution in [0.15, 0.2) is 12.7 Å². The lowest BCUT2D eigenvalue weighted by Gasteiger charge is -2.32. The molecule has 0 N–H and O–H groups in total. The summed E-state index contributed by atoms with van der Waals surface area (Å²) >= 11 is 0. The van der Waals surface area contributed by atoms with E-state index in [1.54, 1.807) is 0 Å². The molecule has 0 fully saturated rings. The smallest absolute Gasteiger partial charge is 0.0266 e. The highest BCUT2D eigenvalue weighted by atomic mass is 14.3. The lowest BCUT2D eigenvalue weighted by molar-refractivity contribution is 0.214. The van der Waals surface area contributed by atoms with Crippen molar-refractivity contribution in [1.29, 1.82) is 0 Å². The Balaban J connectivity index is 3.87. The van der Waals surface area contributed by atoms with E-state index >= 15 is 0 Å². The van der Waals surface area contributed by atoms with Gasteiger partial charge in [0, 0.05) is 0 Å². The third kappa shape index (κ3) is 14.9. The molecule has 0 aromatic heterocycles. The largest absolute Gasteiger partial charge is 0.103 e. The molecular weight excluding hydrogens is 312 g/mol. The Kier molecular flexibility index (Phi) is 19.3.